The van der Waals surface area contributed by atoms with Crippen LogP contribution >= 0.6 is 50.1 Å². The largest absolute Gasteiger partial charge is 0.322 e. The highest BCUT2D eigenvalue weighted by molar-refractivity contribution is 14.1. The molecule has 2 nitrogen and oxygen atoms in total. The van der Waals surface area contributed by atoms with Gasteiger partial charge in [0, 0.05) is 13.7 Å². The molecule has 0 saturated carbocycles. The first-order valence-electron chi connectivity index (χ1n) is 5.91. The standard InChI is InChI=1S/C15H12BrClINO/c1-8-5-11(6-9(2)14(8)18)19-15(20)12-7-10(16)3-4-13(12)17/h3-7H,1-2H3,(H,19,20). The third kappa shape index (κ3) is 3.54. The van der Waals surface area contributed by atoms with Gasteiger partial charge in [-0.2, -0.15) is 0 Å². The van der Waals surface area contributed by atoms with Crippen molar-refractivity contribution in [3.8, 4) is 0 Å². The van der Waals surface area contributed by atoms with Crippen molar-refractivity contribution in [2.45, 2.75) is 13.8 Å². The second-order valence-electron chi connectivity index (χ2n) is 4.50. The normalized spacial score (nSPS) is 10.4. The third-order valence-corrected chi connectivity index (χ3v) is 5.39. The van der Waals surface area contributed by atoms with E-state index >= 15 is 0 Å². The Bertz CT molecular complexity index is 665. The van der Waals surface area contributed by atoms with Gasteiger partial charge in [-0.1, -0.05) is 27.5 Å². The van der Waals surface area contributed by atoms with Crippen molar-refractivity contribution in [2.75, 3.05) is 5.32 Å². The van der Waals surface area contributed by atoms with Gasteiger partial charge >= 0.3 is 0 Å². The number of hydrogen-bond acceptors (Lipinski definition) is 1. The van der Waals surface area contributed by atoms with Crippen molar-refractivity contribution < 1.29 is 4.79 Å². The molecular weight excluding hydrogens is 452 g/mol. The summed E-state index contributed by atoms with van der Waals surface area (Å²) in [4.78, 5) is 12.3. The zero-order chi connectivity index (χ0) is 14.9. The van der Waals surface area contributed by atoms with E-state index in [0.29, 0.717) is 10.6 Å². The van der Waals surface area contributed by atoms with E-state index in [1.165, 1.54) is 3.57 Å². The predicted octanol–water partition coefficient (Wildman–Crippen LogP) is 5.58. The van der Waals surface area contributed by atoms with Crippen molar-refractivity contribution in [1.82, 2.24) is 0 Å². The number of carbonyl (C=O) groups excluding carboxylic acids is 1. The molecule has 104 valence electrons. The van der Waals surface area contributed by atoms with Crippen LogP contribution in [0, 0.1) is 17.4 Å². The van der Waals surface area contributed by atoms with E-state index in [1.54, 1.807) is 18.2 Å². The number of aryl methyl sites for hydroxylation is 2. The van der Waals surface area contributed by atoms with Crippen molar-refractivity contribution >= 4 is 61.7 Å². The fraction of sp³-hybridized carbons (Fsp3) is 0.133. The van der Waals surface area contributed by atoms with E-state index in [-0.39, 0.29) is 5.91 Å². The van der Waals surface area contributed by atoms with Gasteiger partial charge in [0.15, 0.2) is 0 Å². The second-order valence-corrected chi connectivity index (χ2v) is 6.90. The van der Waals surface area contributed by atoms with Crippen LogP contribution in [-0.2, 0) is 0 Å². The molecule has 0 aliphatic heterocycles. The molecule has 0 spiro atoms. The lowest BCUT2D eigenvalue weighted by molar-refractivity contribution is 0.102. The van der Waals surface area contributed by atoms with Gasteiger partial charge in [-0.25, -0.2) is 0 Å². The van der Waals surface area contributed by atoms with Gasteiger partial charge in [0.25, 0.3) is 5.91 Å². The number of hydrogen-bond donors (Lipinski definition) is 1. The van der Waals surface area contributed by atoms with E-state index < -0.39 is 0 Å². The van der Waals surface area contributed by atoms with Gasteiger partial charge in [0.2, 0.25) is 0 Å². The fourth-order valence-corrected chi connectivity index (χ4v) is 2.76. The van der Waals surface area contributed by atoms with Crippen LogP contribution in [0.2, 0.25) is 5.02 Å². The number of nitrogens with one attached hydrogen (secondary N) is 1. The van der Waals surface area contributed by atoms with Crippen molar-refractivity contribution in [2.24, 2.45) is 0 Å². The summed E-state index contributed by atoms with van der Waals surface area (Å²) in [5, 5.41) is 3.32. The zero-order valence-corrected chi connectivity index (χ0v) is 15.4. The van der Waals surface area contributed by atoms with E-state index in [0.717, 1.165) is 21.3 Å². The van der Waals surface area contributed by atoms with E-state index in [1.807, 2.05) is 26.0 Å². The number of benzene rings is 2. The van der Waals surface area contributed by atoms with Gasteiger partial charge in [-0.15, -0.1) is 0 Å². The zero-order valence-electron chi connectivity index (χ0n) is 10.9. The molecule has 0 unspecified atom stereocenters. The number of halogens is 3. The summed E-state index contributed by atoms with van der Waals surface area (Å²) >= 11 is 11.7. The summed E-state index contributed by atoms with van der Waals surface area (Å²) in [5.41, 5.74) is 3.51. The first kappa shape index (κ1) is 15.8. The minimum Gasteiger partial charge on any atom is -0.322 e. The molecule has 0 saturated heterocycles. The summed E-state index contributed by atoms with van der Waals surface area (Å²) in [7, 11) is 0. The van der Waals surface area contributed by atoms with Crippen molar-refractivity contribution in [3.05, 3.63) is 60.1 Å². The van der Waals surface area contributed by atoms with E-state index in [4.69, 9.17) is 11.6 Å². The molecule has 2 rings (SSSR count). The molecule has 0 aliphatic carbocycles. The molecule has 0 atom stereocenters. The molecule has 2 aromatic rings. The molecule has 1 N–H and O–H groups in total. The average Bonchev–Trinajstić information content (AvgIpc) is 2.38. The Morgan fingerprint density at radius 2 is 1.80 bits per heavy atom. The third-order valence-electron chi connectivity index (χ3n) is 2.87. The van der Waals surface area contributed by atoms with Crippen LogP contribution in [0.15, 0.2) is 34.8 Å². The summed E-state index contributed by atoms with van der Waals surface area (Å²) in [6, 6.07) is 9.13. The van der Waals surface area contributed by atoms with Crippen LogP contribution in [0.5, 0.6) is 0 Å². The van der Waals surface area contributed by atoms with E-state index in [2.05, 4.69) is 43.8 Å². The lowest BCUT2D eigenvalue weighted by Crippen LogP contribution is -2.13. The van der Waals surface area contributed by atoms with Crippen LogP contribution in [-0.4, -0.2) is 5.91 Å². The predicted molar refractivity (Wildman–Crippen MR) is 95.7 cm³/mol. The maximum atomic E-state index is 12.3. The minimum absolute atomic E-state index is 0.212. The molecule has 20 heavy (non-hydrogen) atoms. The first-order valence-corrected chi connectivity index (χ1v) is 8.16. The topological polar surface area (TPSA) is 29.1 Å². The van der Waals surface area contributed by atoms with Gasteiger partial charge in [-0.05, 0) is 77.9 Å². The fourth-order valence-electron chi connectivity index (χ4n) is 1.89. The maximum absolute atomic E-state index is 12.3. The highest BCUT2D eigenvalue weighted by Gasteiger charge is 2.12. The monoisotopic (exact) mass is 463 g/mol. The van der Waals surface area contributed by atoms with Crippen LogP contribution in [0.3, 0.4) is 0 Å². The number of amides is 1. The quantitative estimate of drug-likeness (QED) is 0.578. The molecule has 0 aliphatic rings. The number of anilines is 1. The van der Waals surface area contributed by atoms with Crippen LogP contribution in [0.1, 0.15) is 21.5 Å². The molecule has 5 heteroatoms. The molecule has 0 fully saturated rings. The molecule has 2 aromatic carbocycles. The summed E-state index contributed by atoms with van der Waals surface area (Å²) in [6.45, 7) is 4.05. The van der Waals surface area contributed by atoms with Gasteiger partial charge < -0.3 is 5.32 Å². The van der Waals surface area contributed by atoms with Crippen LogP contribution in [0.25, 0.3) is 0 Å². The Morgan fingerprint density at radius 1 is 1.20 bits per heavy atom. The molecule has 1 amide bonds. The summed E-state index contributed by atoms with van der Waals surface area (Å²) < 4.78 is 2.03. The SMILES string of the molecule is Cc1cc(NC(=O)c2cc(Br)ccc2Cl)cc(C)c1I. The number of rotatable bonds is 2. The Morgan fingerprint density at radius 3 is 2.40 bits per heavy atom. The molecule has 0 aromatic heterocycles. The second kappa shape index (κ2) is 6.45. The maximum Gasteiger partial charge on any atom is 0.257 e. The molecule has 0 bridgehead atoms. The molecule has 0 radical (unpaired) electrons. The summed E-state index contributed by atoms with van der Waals surface area (Å²) in [5.74, 6) is -0.212. The average molecular weight is 465 g/mol. The Balaban J connectivity index is 2.30. The Labute approximate surface area is 145 Å². The highest BCUT2D eigenvalue weighted by Crippen LogP contribution is 2.24. The smallest absolute Gasteiger partial charge is 0.257 e. The first-order chi connectivity index (χ1) is 9.38. The molecule has 0 heterocycles. The number of carbonyl (C=O) groups is 1. The van der Waals surface area contributed by atoms with Crippen LogP contribution < -0.4 is 5.32 Å². The van der Waals surface area contributed by atoms with Gasteiger partial charge in [0.1, 0.15) is 0 Å². The lowest BCUT2D eigenvalue weighted by atomic mass is 10.1. The Kier molecular flexibility index (Phi) is 5.09. The van der Waals surface area contributed by atoms with Gasteiger partial charge in [0.05, 0.1) is 10.6 Å². The van der Waals surface area contributed by atoms with E-state index in [9.17, 15) is 4.79 Å². The van der Waals surface area contributed by atoms with Gasteiger partial charge in [-0.3, -0.25) is 4.79 Å². The van der Waals surface area contributed by atoms with Crippen molar-refractivity contribution in [3.63, 3.8) is 0 Å². The minimum atomic E-state index is -0.212. The van der Waals surface area contributed by atoms with Crippen LogP contribution in [0.4, 0.5) is 5.69 Å². The molecular formula is C15H12BrClINO. The van der Waals surface area contributed by atoms with Crippen molar-refractivity contribution in [1.29, 1.82) is 0 Å². The lowest BCUT2D eigenvalue weighted by Gasteiger charge is -2.10. The highest BCUT2D eigenvalue weighted by atomic mass is 127. The summed E-state index contributed by atoms with van der Waals surface area (Å²) in [6.07, 6.45) is 0. The Hall–Kier alpha value is -0.590.